The van der Waals surface area contributed by atoms with Crippen molar-refractivity contribution in [1.29, 1.82) is 0 Å². The second kappa shape index (κ2) is 7.85. The molecule has 0 N–H and O–H groups in total. The van der Waals surface area contributed by atoms with Crippen molar-refractivity contribution in [2.24, 2.45) is 0 Å². The van der Waals surface area contributed by atoms with Crippen LogP contribution < -0.4 is 0 Å². The molecule has 0 saturated carbocycles. The molecule has 2 aromatic rings. The molecule has 0 bridgehead atoms. The fourth-order valence-corrected chi connectivity index (χ4v) is 0.830. The Bertz CT molecular complexity index is 236. The molecule has 0 heterocycles. The molecule has 0 nitrogen and oxygen atoms in total. The van der Waals surface area contributed by atoms with Crippen molar-refractivity contribution in [3.63, 3.8) is 0 Å². The van der Waals surface area contributed by atoms with Gasteiger partial charge in [0, 0.05) is 17.1 Å². The van der Waals surface area contributed by atoms with Crippen LogP contribution in [0.1, 0.15) is 12.5 Å². The summed E-state index contributed by atoms with van der Waals surface area (Å²) >= 11 is 0. The van der Waals surface area contributed by atoms with E-state index < -0.39 is 0 Å². The first-order chi connectivity index (χ1) is 5.93. The number of aryl methyl sites for hydroxylation is 1. The second-order valence-corrected chi connectivity index (χ2v) is 2.33. The maximum Gasteiger partial charge on any atom is 0 e. The van der Waals surface area contributed by atoms with Gasteiger partial charge in [-0.3, -0.25) is 0 Å². The fraction of sp³-hybridized carbons (Fsp3) is 0.167. The Hall–Kier alpha value is -0.781. The minimum Gasteiger partial charge on any atom is -0.999 e. The number of hydrogen-bond donors (Lipinski definition) is 0. The Balaban J connectivity index is 0.000000215. The van der Waals surface area contributed by atoms with Crippen molar-refractivity contribution in [3.8, 4) is 0 Å². The fourth-order valence-electron chi connectivity index (χ4n) is 0.830. The molecule has 1 heteroatoms. The van der Waals surface area contributed by atoms with Crippen molar-refractivity contribution in [2.45, 2.75) is 13.3 Å². The third-order valence-corrected chi connectivity index (χ3v) is 1.49. The quantitative estimate of drug-likeness (QED) is 0.501. The first-order valence-electron chi connectivity index (χ1n) is 3.97. The zero-order valence-corrected chi connectivity index (χ0v) is 8.55. The molecule has 72 valence electrons. The first-order valence-corrected chi connectivity index (χ1v) is 3.97. The van der Waals surface area contributed by atoms with Gasteiger partial charge in [0.05, 0.1) is 0 Å². The van der Waals surface area contributed by atoms with Crippen LogP contribution in [-0.2, 0) is 23.5 Å². The molecule has 0 fully saturated rings. The monoisotopic (exact) mass is 210 g/mol. The minimum atomic E-state index is 0. The van der Waals surface area contributed by atoms with Crippen molar-refractivity contribution < 1.29 is 17.1 Å². The van der Waals surface area contributed by atoms with Crippen LogP contribution in [-0.4, -0.2) is 0 Å². The zero-order chi connectivity index (χ0) is 8.65. The maximum absolute atomic E-state index is 2.62. The summed E-state index contributed by atoms with van der Waals surface area (Å²) in [5, 5.41) is 0. The van der Waals surface area contributed by atoms with E-state index in [-0.39, 0.29) is 17.1 Å². The van der Waals surface area contributed by atoms with Gasteiger partial charge in [-0.15, -0.1) is 0 Å². The predicted octanol–water partition coefficient (Wildman–Crippen LogP) is 2.57. The molecule has 0 unspecified atom stereocenters. The van der Waals surface area contributed by atoms with Crippen LogP contribution in [0.5, 0.6) is 0 Å². The van der Waals surface area contributed by atoms with E-state index in [4.69, 9.17) is 0 Å². The molecule has 0 aliphatic rings. The van der Waals surface area contributed by atoms with E-state index in [9.17, 15) is 0 Å². The molecule has 0 aliphatic carbocycles. The summed E-state index contributed by atoms with van der Waals surface area (Å²) in [5.41, 5.74) is 1.43. The summed E-state index contributed by atoms with van der Waals surface area (Å²) in [6.45, 7) is 2.16. The van der Waals surface area contributed by atoms with Gasteiger partial charge < -0.3 is 30.3 Å². The maximum atomic E-state index is 2.62. The van der Waals surface area contributed by atoms with Crippen LogP contribution in [0, 0.1) is 24.3 Å². The van der Waals surface area contributed by atoms with Crippen LogP contribution in [0.25, 0.3) is 0 Å². The van der Waals surface area contributed by atoms with E-state index in [0.29, 0.717) is 0 Å². The first kappa shape index (κ1) is 12.2. The molecule has 0 spiro atoms. The summed E-state index contributed by atoms with van der Waals surface area (Å²) in [6, 6.07) is 20.4. The van der Waals surface area contributed by atoms with Gasteiger partial charge in [-0.25, -0.2) is 12.1 Å². The van der Waals surface area contributed by atoms with Gasteiger partial charge in [0.15, 0.2) is 0 Å². The standard InChI is InChI=1S/C7H9.C5H.Fe/c1-2-7-5-3-4-6-7;1-2-4-5-3-1;/h3-6H,2H2,1H3;1H;/q-1;-5;. The average Bonchev–Trinajstić information content (AvgIpc) is 2.81. The van der Waals surface area contributed by atoms with Crippen molar-refractivity contribution in [2.75, 3.05) is 0 Å². The molecule has 13 heavy (non-hydrogen) atoms. The Morgan fingerprint density at radius 2 is 1.69 bits per heavy atom. The minimum absolute atomic E-state index is 0. The van der Waals surface area contributed by atoms with Crippen molar-refractivity contribution >= 4 is 0 Å². The molecule has 0 radical (unpaired) electrons. The van der Waals surface area contributed by atoms with Gasteiger partial charge >= 0.3 is 0 Å². The van der Waals surface area contributed by atoms with Crippen molar-refractivity contribution in [1.82, 2.24) is 0 Å². The smallest absolute Gasteiger partial charge is 0 e. The number of rotatable bonds is 1. The Morgan fingerprint density at radius 3 is 1.92 bits per heavy atom. The van der Waals surface area contributed by atoms with E-state index in [1.807, 2.05) is 0 Å². The summed E-state index contributed by atoms with van der Waals surface area (Å²) in [4.78, 5) is 0. The third kappa shape index (κ3) is 5.46. The zero-order valence-electron chi connectivity index (χ0n) is 7.45. The molecule has 2 rings (SSSR count). The molecular weight excluding hydrogens is 200 g/mol. The van der Waals surface area contributed by atoms with E-state index in [0.717, 1.165) is 6.42 Å². The number of hydrogen-bond acceptors (Lipinski definition) is 0. The SMILES string of the molecule is CC[c-]1cccc1.[Fe].[c-]1[c-][c-][cH-][c-]1. The Kier molecular flexibility index (Phi) is 7.38. The van der Waals surface area contributed by atoms with Gasteiger partial charge in [0.1, 0.15) is 0 Å². The topological polar surface area (TPSA) is 0 Å². The van der Waals surface area contributed by atoms with Crippen LogP contribution in [0.15, 0.2) is 30.3 Å². The Morgan fingerprint density at radius 1 is 1.15 bits per heavy atom. The molecular formula is C12H10Fe-6. The largest absolute Gasteiger partial charge is 0.999 e. The summed E-state index contributed by atoms with van der Waals surface area (Å²) in [7, 11) is 0. The summed E-state index contributed by atoms with van der Waals surface area (Å²) in [5.74, 6) is 0. The van der Waals surface area contributed by atoms with E-state index in [1.165, 1.54) is 5.56 Å². The molecule has 0 aromatic heterocycles. The Labute approximate surface area is 90.8 Å². The van der Waals surface area contributed by atoms with E-state index in [1.54, 1.807) is 6.07 Å². The normalized spacial score (nSPS) is 8.08. The van der Waals surface area contributed by atoms with Crippen LogP contribution in [0.3, 0.4) is 0 Å². The predicted molar refractivity (Wildman–Crippen MR) is 48.8 cm³/mol. The van der Waals surface area contributed by atoms with Gasteiger partial charge in [0.25, 0.3) is 0 Å². The second-order valence-electron chi connectivity index (χ2n) is 2.33. The molecule has 0 amide bonds. The average molecular weight is 210 g/mol. The van der Waals surface area contributed by atoms with Crippen LogP contribution in [0.2, 0.25) is 0 Å². The van der Waals surface area contributed by atoms with Gasteiger partial charge in [-0.2, -0.15) is 17.7 Å². The van der Waals surface area contributed by atoms with Gasteiger partial charge in [0.2, 0.25) is 0 Å². The van der Waals surface area contributed by atoms with Gasteiger partial charge in [-0.1, -0.05) is 13.3 Å². The van der Waals surface area contributed by atoms with Crippen molar-refractivity contribution in [3.05, 3.63) is 60.2 Å². The van der Waals surface area contributed by atoms with Crippen LogP contribution >= 0.6 is 0 Å². The molecule has 0 atom stereocenters. The molecule has 0 saturated heterocycles. The molecule has 2 aromatic carbocycles. The molecule has 0 aliphatic heterocycles. The third-order valence-electron chi connectivity index (χ3n) is 1.49. The van der Waals surface area contributed by atoms with Crippen LogP contribution in [0.4, 0.5) is 0 Å². The van der Waals surface area contributed by atoms with E-state index in [2.05, 4.69) is 55.5 Å². The summed E-state index contributed by atoms with van der Waals surface area (Å²) in [6.07, 6.45) is 1.16. The van der Waals surface area contributed by atoms with E-state index >= 15 is 0 Å². The summed E-state index contributed by atoms with van der Waals surface area (Å²) < 4.78 is 0. The van der Waals surface area contributed by atoms with Gasteiger partial charge in [-0.05, 0) is 0 Å².